The Balaban J connectivity index is 1.65. The van der Waals surface area contributed by atoms with Crippen LogP contribution in [0.1, 0.15) is 11.1 Å². The molecule has 130 valence electrons. The number of nitrogens with zero attached hydrogens (tertiary/aromatic N) is 2. The average Bonchev–Trinajstić information content (AvgIpc) is 3.04. The Bertz CT molecular complexity index is 892. The lowest BCUT2D eigenvalue weighted by atomic mass is 10.2. The maximum atomic E-state index is 5.89. The summed E-state index contributed by atoms with van der Waals surface area (Å²) in [4.78, 5) is 0. The fourth-order valence-corrected chi connectivity index (χ4v) is 2.51. The number of hydrogen-bond donors (Lipinski definition) is 2. The Morgan fingerprint density at radius 2 is 1.92 bits per heavy atom. The summed E-state index contributed by atoms with van der Waals surface area (Å²) in [5, 5.41) is 7.25. The molecule has 3 rings (SSSR count). The highest BCUT2D eigenvalue weighted by atomic mass is 35.5. The van der Waals surface area contributed by atoms with Crippen molar-refractivity contribution in [2.45, 2.75) is 13.2 Å². The number of rotatable bonds is 7. The quantitative estimate of drug-likeness (QED) is 0.612. The van der Waals surface area contributed by atoms with Gasteiger partial charge in [0.1, 0.15) is 12.9 Å². The van der Waals surface area contributed by atoms with Crippen LogP contribution in [0.4, 0.5) is 0 Å². The maximum absolute atomic E-state index is 5.89. The average molecular weight is 377 g/mol. The normalized spacial score (nSPS) is 10.5. The van der Waals surface area contributed by atoms with E-state index in [1.165, 1.54) is 0 Å². The highest BCUT2D eigenvalue weighted by molar-refractivity contribution is 7.71. The van der Waals surface area contributed by atoms with E-state index in [-0.39, 0.29) is 0 Å². The summed E-state index contributed by atoms with van der Waals surface area (Å²) in [6, 6.07) is 13.3. The van der Waals surface area contributed by atoms with Crippen molar-refractivity contribution in [2.75, 3.05) is 12.5 Å². The van der Waals surface area contributed by atoms with Gasteiger partial charge in [-0.05, 0) is 47.6 Å². The van der Waals surface area contributed by atoms with Gasteiger partial charge in [0.25, 0.3) is 0 Å². The molecule has 0 unspecified atom stereocenters. The van der Waals surface area contributed by atoms with Gasteiger partial charge in [-0.1, -0.05) is 29.8 Å². The molecule has 0 fully saturated rings. The predicted molar refractivity (Wildman–Crippen MR) is 99.3 cm³/mol. The summed E-state index contributed by atoms with van der Waals surface area (Å²) in [5.74, 6) is 1.35. The van der Waals surface area contributed by atoms with E-state index in [1.807, 2.05) is 42.5 Å². The van der Waals surface area contributed by atoms with Crippen molar-refractivity contribution >= 4 is 23.8 Å². The third-order valence-corrected chi connectivity index (χ3v) is 4.08. The third-order valence-electron chi connectivity index (χ3n) is 3.54. The van der Waals surface area contributed by atoms with E-state index in [1.54, 1.807) is 18.1 Å². The Kier molecular flexibility index (Phi) is 5.57. The van der Waals surface area contributed by atoms with Crippen LogP contribution >= 0.6 is 23.8 Å². The van der Waals surface area contributed by atoms with Crippen LogP contribution in [0.15, 0.2) is 48.8 Å². The first-order chi connectivity index (χ1) is 12.2. The molecule has 8 heteroatoms. The molecule has 2 N–H and O–H groups in total. The van der Waals surface area contributed by atoms with Gasteiger partial charge in [-0.15, -0.1) is 0 Å². The van der Waals surface area contributed by atoms with E-state index in [0.717, 1.165) is 11.1 Å². The van der Waals surface area contributed by atoms with E-state index >= 15 is 0 Å². The van der Waals surface area contributed by atoms with Crippen molar-refractivity contribution in [3.05, 3.63) is 69.7 Å². The number of nitrogens with one attached hydrogen (secondary N) is 2. The van der Waals surface area contributed by atoms with Gasteiger partial charge in [0.15, 0.2) is 11.5 Å². The number of aromatic nitrogens is 3. The van der Waals surface area contributed by atoms with Gasteiger partial charge >= 0.3 is 0 Å². The lowest BCUT2D eigenvalue weighted by Gasteiger charge is -2.13. The second-order valence-electron chi connectivity index (χ2n) is 5.27. The molecular formula is C17H17ClN4O2S. The molecule has 0 bridgehead atoms. The number of H-pyrrole nitrogens is 1. The van der Waals surface area contributed by atoms with Crippen LogP contribution in [0.25, 0.3) is 0 Å². The van der Waals surface area contributed by atoms with Gasteiger partial charge in [-0.25, -0.2) is 4.68 Å². The molecule has 1 heterocycles. The highest BCUT2D eigenvalue weighted by Gasteiger charge is 2.07. The zero-order valence-corrected chi connectivity index (χ0v) is 15.1. The van der Waals surface area contributed by atoms with Crippen LogP contribution in [0.2, 0.25) is 5.02 Å². The molecule has 0 spiro atoms. The lowest BCUT2D eigenvalue weighted by molar-refractivity contribution is 0.284. The van der Waals surface area contributed by atoms with Crippen molar-refractivity contribution in [1.29, 1.82) is 0 Å². The largest absolute Gasteiger partial charge is 0.493 e. The third kappa shape index (κ3) is 4.52. The summed E-state index contributed by atoms with van der Waals surface area (Å²) < 4.78 is 13.4. The minimum Gasteiger partial charge on any atom is -0.493 e. The van der Waals surface area contributed by atoms with Gasteiger partial charge in [-0.3, -0.25) is 5.10 Å². The summed E-state index contributed by atoms with van der Waals surface area (Å²) in [7, 11) is 1.62. The molecule has 3 aromatic rings. The number of hydrogen-bond acceptors (Lipinski definition) is 5. The number of ether oxygens (including phenoxy) is 2. The monoisotopic (exact) mass is 376 g/mol. The summed E-state index contributed by atoms with van der Waals surface area (Å²) in [5.41, 5.74) is 5.21. The molecule has 0 saturated carbocycles. The van der Waals surface area contributed by atoms with E-state index in [2.05, 4.69) is 15.6 Å². The van der Waals surface area contributed by atoms with E-state index in [9.17, 15) is 0 Å². The van der Waals surface area contributed by atoms with Crippen molar-refractivity contribution in [2.24, 2.45) is 0 Å². The van der Waals surface area contributed by atoms with Crippen LogP contribution in [0.3, 0.4) is 0 Å². The molecule has 25 heavy (non-hydrogen) atoms. The fourth-order valence-electron chi connectivity index (χ4n) is 2.22. The molecule has 0 radical (unpaired) electrons. The van der Waals surface area contributed by atoms with Gasteiger partial charge < -0.3 is 14.9 Å². The van der Waals surface area contributed by atoms with Crippen molar-refractivity contribution in [3.8, 4) is 11.5 Å². The Morgan fingerprint density at radius 1 is 1.16 bits per heavy atom. The van der Waals surface area contributed by atoms with Crippen LogP contribution in [0, 0.1) is 4.77 Å². The smallest absolute Gasteiger partial charge is 0.214 e. The predicted octanol–water partition coefficient (Wildman–Crippen LogP) is 3.93. The second kappa shape index (κ2) is 8.04. The Morgan fingerprint density at radius 3 is 2.60 bits per heavy atom. The van der Waals surface area contributed by atoms with Crippen molar-refractivity contribution in [3.63, 3.8) is 0 Å². The molecule has 6 nitrogen and oxygen atoms in total. The minimum absolute atomic E-state index is 0.440. The number of aromatic amines is 1. The van der Waals surface area contributed by atoms with Gasteiger partial charge in [0.05, 0.1) is 13.7 Å². The van der Waals surface area contributed by atoms with Gasteiger partial charge in [0, 0.05) is 5.02 Å². The molecule has 2 aromatic carbocycles. The summed E-state index contributed by atoms with van der Waals surface area (Å²) in [6.45, 7) is 1.01. The van der Waals surface area contributed by atoms with Crippen LogP contribution in [-0.4, -0.2) is 22.0 Å². The van der Waals surface area contributed by atoms with Crippen LogP contribution in [0.5, 0.6) is 11.5 Å². The minimum atomic E-state index is 0.440. The number of methoxy groups -OCH3 is 1. The molecule has 0 aliphatic heterocycles. The topological polar surface area (TPSA) is 64.1 Å². The Labute approximate surface area is 155 Å². The first-order valence-electron chi connectivity index (χ1n) is 7.56. The zero-order valence-electron chi connectivity index (χ0n) is 13.5. The van der Waals surface area contributed by atoms with Crippen LogP contribution < -0.4 is 14.9 Å². The molecule has 0 saturated heterocycles. The van der Waals surface area contributed by atoms with Crippen molar-refractivity contribution in [1.82, 2.24) is 14.9 Å². The fraction of sp³-hybridized carbons (Fsp3) is 0.176. The molecule has 0 atom stereocenters. The van der Waals surface area contributed by atoms with Crippen molar-refractivity contribution < 1.29 is 9.47 Å². The molecule has 0 amide bonds. The number of benzene rings is 2. The molecule has 1 aromatic heterocycles. The molecule has 0 aliphatic rings. The van der Waals surface area contributed by atoms with E-state index in [4.69, 9.17) is 33.3 Å². The molecule has 0 aliphatic carbocycles. The van der Waals surface area contributed by atoms with Crippen LogP contribution in [-0.2, 0) is 13.2 Å². The van der Waals surface area contributed by atoms with E-state index < -0.39 is 0 Å². The Hall–Kier alpha value is -2.51. The molecular weight excluding hydrogens is 360 g/mol. The maximum Gasteiger partial charge on any atom is 0.214 e. The SMILES string of the molecule is COc1cc(CNn2cn[nH]c2=S)ccc1OCc1ccc(Cl)cc1. The number of halogens is 1. The lowest BCUT2D eigenvalue weighted by Crippen LogP contribution is -2.13. The highest BCUT2D eigenvalue weighted by Crippen LogP contribution is 2.29. The van der Waals surface area contributed by atoms with Gasteiger partial charge in [0.2, 0.25) is 4.77 Å². The standard InChI is InChI=1S/C17H17ClN4O2S/c1-23-16-8-13(9-20-22-11-19-21-17(22)25)4-7-15(16)24-10-12-2-5-14(18)6-3-12/h2-8,11,20H,9-10H2,1H3,(H,21,25). The summed E-state index contributed by atoms with van der Waals surface area (Å²) >= 11 is 11.0. The summed E-state index contributed by atoms with van der Waals surface area (Å²) in [6.07, 6.45) is 1.59. The first-order valence-corrected chi connectivity index (χ1v) is 8.34. The van der Waals surface area contributed by atoms with E-state index in [0.29, 0.717) is 34.4 Å². The second-order valence-corrected chi connectivity index (χ2v) is 6.09. The van der Waals surface area contributed by atoms with Gasteiger partial charge in [-0.2, -0.15) is 5.10 Å². The zero-order chi connectivity index (χ0) is 17.6. The first kappa shape index (κ1) is 17.3.